The zero-order valence-corrected chi connectivity index (χ0v) is 17.6. The first-order chi connectivity index (χ1) is 15.2. The van der Waals surface area contributed by atoms with Crippen LogP contribution in [0.3, 0.4) is 0 Å². The maximum Gasteiger partial charge on any atom is 0.325 e. The van der Waals surface area contributed by atoms with Crippen LogP contribution in [-0.2, 0) is 19.2 Å². The average molecular weight is 446 g/mol. The van der Waals surface area contributed by atoms with Crippen molar-refractivity contribution in [2.45, 2.75) is 56.1 Å². The molecule has 2 aliphatic heterocycles. The molecule has 4 N–H and O–H groups in total. The number of phenols is 1. The third kappa shape index (κ3) is 3.21. The number of carbonyl (C=O) groups excluding carboxylic acids is 2. The lowest BCUT2D eigenvalue weighted by Gasteiger charge is -2.34. The smallest absolute Gasteiger partial charge is 0.325 e. The molecule has 2 amide bonds. The number of carboxylic acid groups (broad SMARTS) is 2. The van der Waals surface area contributed by atoms with Crippen molar-refractivity contribution in [1.82, 2.24) is 10.2 Å². The second kappa shape index (κ2) is 8.09. The van der Waals surface area contributed by atoms with Crippen LogP contribution in [0.2, 0.25) is 0 Å². The predicted molar refractivity (Wildman–Crippen MR) is 109 cm³/mol. The average Bonchev–Trinajstić information content (AvgIpc) is 3.23. The van der Waals surface area contributed by atoms with Gasteiger partial charge in [-0.2, -0.15) is 0 Å². The number of benzene rings is 1. The van der Waals surface area contributed by atoms with Gasteiger partial charge in [0.25, 0.3) is 0 Å². The van der Waals surface area contributed by atoms with E-state index >= 15 is 0 Å². The summed E-state index contributed by atoms with van der Waals surface area (Å²) in [5.41, 5.74) is -2.01. The first-order valence-corrected chi connectivity index (χ1v) is 10.7. The van der Waals surface area contributed by atoms with Gasteiger partial charge in [-0.25, -0.2) is 0 Å². The van der Waals surface area contributed by atoms with E-state index in [0.29, 0.717) is 12.8 Å². The van der Waals surface area contributed by atoms with E-state index in [1.54, 1.807) is 6.07 Å². The number of imide groups is 1. The van der Waals surface area contributed by atoms with Crippen LogP contribution in [0.5, 0.6) is 11.5 Å². The Bertz CT molecular complexity index is 973. The van der Waals surface area contributed by atoms with Gasteiger partial charge in [0.2, 0.25) is 11.8 Å². The van der Waals surface area contributed by atoms with E-state index in [0.717, 1.165) is 19.3 Å². The van der Waals surface area contributed by atoms with Crippen LogP contribution in [-0.4, -0.2) is 62.7 Å². The Balaban J connectivity index is 1.85. The zero-order chi connectivity index (χ0) is 23.2. The molecule has 3 aliphatic rings. The van der Waals surface area contributed by atoms with Crippen LogP contribution in [0.25, 0.3) is 0 Å². The highest BCUT2D eigenvalue weighted by atomic mass is 16.5. The number of carboxylic acids is 2. The van der Waals surface area contributed by atoms with Crippen molar-refractivity contribution in [3.8, 4) is 11.5 Å². The van der Waals surface area contributed by atoms with Gasteiger partial charge in [0.1, 0.15) is 5.54 Å². The number of carbonyl (C=O) groups is 4. The van der Waals surface area contributed by atoms with Crippen molar-refractivity contribution < 1.29 is 39.2 Å². The van der Waals surface area contributed by atoms with Gasteiger partial charge in [0.15, 0.2) is 11.5 Å². The monoisotopic (exact) mass is 446 g/mol. The minimum absolute atomic E-state index is 0.118. The summed E-state index contributed by atoms with van der Waals surface area (Å²) in [6, 6.07) is 3.18. The van der Waals surface area contributed by atoms with E-state index in [-0.39, 0.29) is 23.1 Å². The number of hydrogen-bond acceptors (Lipinski definition) is 7. The van der Waals surface area contributed by atoms with Crippen molar-refractivity contribution in [3.05, 3.63) is 23.8 Å². The lowest BCUT2D eigenvalue weighted by atomic mass is 9.77. The number of para-hydroxylation sites is 1. The highest BCUT2D eigenvalue weighted by Gasteiger charge is 2.70. The summed E-state index contributed by atoms with van der Waals surface area (Å²) in [6.07, 6.45) is 3.10. The number of phenolic OH excluding ortho intramolecular Hbond substituents is 1. The molecule has 0 aromatic heterocycles. The van der Waals surface area contributed by atoms with Crippen molar-refractivity contribution in [2.75, 3.05) is 7.11 Å². The zero-order valence-electron chi connectivity index (χ0n) is 17.6. The lowest BCUT2D eigenvalue weighted by molar-refractivity contribution is -0.156. The number of rotatable bonds is 6. The molecule has 1 aromatic rings. The summed E-state index contributed by atoms with van der Waals surface area (Å²) < 4.78 is 5.13. The maximum absolute atomic E-state index is 13.6. The fourth-order valence-corrected chi connectivity index (χ4v) is 5.62. The van der Waals surface area contributed by atoms with Crippen molar-refractivity contribution >= 4 is 23.8 Å². The van der Waals surface area contributed by atoms with E-state index in [2.05, 4.69) is 5.32 Å². The van der Waals surface area contributed by atoms with Crippen LogP contribution in [0.1, 0.15) is 50.1 Å². The molecule has 1 aromatic carbocycles. The first kappa shape index (κ1) is 22.1. The SMILES string of the molecule is COc1cccc(C2NC(CC(=O)O)(C(=O)O)C3C(=O)N(C4CCCCC4)C(=O)C23)c1O. The molecule has 10 nitrogen and oxygen atoms in total. The van der Waals surface area contributed by atoms with Gasteiger partial charge in [-0.3, -0.25) is 29.4 Å². The van der Waals surface area contributed by atoms with Crippen molar-refractivity contribution in [1.29, 1.82) is 0 Å². The summed E-state index contributed by atoms with van der Waals surface area (Å²) in [5.74, 6) is -6.85. The number of aromatic hydroxyl groups is 1. The number of hydrogen-bond donors (Lipinski definition) is 4. The summed E-state index contributed by atoms with van der Waals surface area (Å²) in [4.78, 5) is 52.3. The van der Waals surface area contributed by atoms with E-state index in [9.17, 15) is 34.5 Å². The summed E-state index contributed by atoms with van der Waals surface area (Å²) in [6.45, 7) is 0. The van der Waals surface area contributed by atoms with E-state index in [1.807, 2.05) is 0 Å². The quantitative estimate of drug-likeness (QED) is 0.473. The molecule has 172 valence electrons. The summed E-state index contributed by atoms with van der Waals surface area (Å²) in [5, 5.41) is 33.0. The molecule has 0 bridgehead atoms. The van der Waals surface area contributed by atoms with E-state index in [4.69, 9.17) is 4.74 Å². The topological polar surface area (TPSA) is 153 Å². The minimum atomic E-state index is -2.19. The van der Waals surface area contributed by atoms with Gasteiger partial charge >= 0.3 is 11.9 Å². The Labute approximate surface area is 184 Å². The Morgan fingerprint density at radius 2 is 1.84 bits per heavy atom. The molecule has 1 saturated carbocycles. The Morgan fingerprint density at radius 1 is 1.16 bits per heavy atom. The summed E-state index contributed by atoms with van der Waals surface area (Å²) in [7, 11) is 1.35. The number of amides is 2. The number of aliphatic carboxylic acids is 2. The van der Waals surface area contributed by atoms with Crippen LogP contribution in [0.4, 0.5) is 0 Å². The molecule has 32 heavy (non-hydrogen) atoms. The molecule has 0 spiro atoms. The number of likely N-dealkylation sites (tertiary alicyclic amines) is 1. The number of methoxy groups -OCH3 is 1. The molecule has 3 fully saturated rings. The fourth-order valence-electron chi connectivity index (χ4n) is 5.62. The van der Waals surface area contributed by atoms with Crippen LogP contribution in [0, 0.1) is 11.8 Å². The molecule has 1 aliphatic carbocycles. The first-order valence-electron chi connectivity index (χ1n) is 10.7. The number of fused-ring (bicyclic) bond motifs is 1. The highest BCUT2D eigenvalue weighted by molar-refractivity contribution is 6.10. The molecule has 10 heteroatoms. The van der Waals surface area contributed by atoms with Crippen molar-refractivity contribution in [2.24, 2.45) is 11.8 Å². The van der Waals surface area contributed by atoms with E-state index < -0.39 is 53.6 Å². The highest BCUT2D eigenvalue weighted by Crippen LogP contribution is 2.53. The predicted octanol–water partition coefficient (Wildman–Crippen LogP) is 1.28. The molecular weight excluding hydrogens is 420 g/mol. The van der Waals surface area contributed by atoms with E-state index in [1.165, 1.54) is 24.1 Å². The standard InChI is InChI=1S/C22H26N2O8/c1-32-13-9-5-8-12(18(13)27)17-15-16(22(23-17,21(30)31)10-14(25)26)20(29)24(19(15)28)11-6-3-2-4-7-11/h5,8-9,11,15-17,23,27H,2-4,6-7,10H2,1H3,(H,25,26)(H,30,31). The number of ether oxygens (including phenoxy) is 1. The fraction of sp³-hybridized carbons (Fsp3) is 0.545. The van der Waals surface area contributed by atoms with Crippen molar-refractivity contribution in [3.63, 3.8) is 0 Å². The molecule has 4 atom stereocenters. The summed E-state index contributed by atoms with van der Waals surface area (Å²) >= 11 is 0. The third-order valence-corrected chi connectivity index (χ3v) is 7.03. The van der Waals surface area contributed by atoms with Gasteiger partial charge in [-0.15, -0.1) is 0 Å². The number of nitrogens with one attached hydrogen (secondary N) is 1. The molecule has 4 unspecified atom stereocenters. The lowest BCUT2D eigenvalue weighted by Crippen LogP contribution is -2.57. The van der Waals surface area contributed by atoms with Gasteiger partial charge < -0.3 is 20.1 Å². The minimum Gasteiger partial charge on any atom is -0.504 e. The van der Waals surface area contributed by atoms with Gasteiger partial charge in [0.05, 0.1) is 25.4 Å². The molecule has 0 radical (unpaired) electrons. The van der Waals surface area contributed by atoms with Crippen LogP contribution >= 0.6 is 0 Å². The maximum atomic E-state index is 13.6. The number of nitrogens with zero attached hydrogens (tertiary/aromatic N) is 1. The Kier molecular flexibility index (Phi) is 5.58. The van der Waals surface area contributed by atoms with Gasteiger partial charge in [-0.05, 0) is 18.9 Å². The Hall–Kier alpha value is -3.14. The molecule has 2 heterocycles. The van der Waals surface area contributed by atoms with Crippen LogP contribution < -0.4 is 10.1 Å². The molecule has 2 saturated heterocycles. The van der Waals surface area contributed by atoms with Gasteiger partial charge in [-0.1, -0.05) is 31.4 Å². The van der Waals surface area contributed by atoms with Gasteiger partial charge in [0, 0.05) is 17.6 Å². The molecule has 4 rings (SSSR count). The normalized spacial score (nSPS) is 30.4. The second-order valence-corrected chi connectivity index (χ2v) is 8.71. The largest absolute Gasteiger partial charge is 0.504 e. The third-order valence-electron chi connectivity index (χ3n) is 7.03. The van der Waals surface area contributed by atoms with Crippen LogP contribution in [0.15, 0.2) is 18.2 Å². The molecular formula is C22H26N2O8. The Morgan fingerprint density at radius 3 is 2.44 bits per heavy atom. The second-order valence-electron chi connectivity index (χ2n) is 8.71.